The third kappa shape index (κ3) is 3.67. The van der Waals surface area contributed by atoms with E-state index in [9.17, 15) is 14.9 Å². The van der Waals surface area contributed by atoms with Crippen molar-refractivity contribution in [3.8, 4) is 0 Å². The van der Waals surface area contributed by atoms with E-state index in [2.05, 4.69) is 20.7 Å². The summed E-state index contributed by atoms with van der Waals surface area (Å²) >= 11 is 3.25. The second-order valence-corrected chi connectivity index (χ2v) is 3.69. The van der Waals surface area contributed by atoms with Gasteiger partial charge in [-0.2, -0.15) is 0 Å². The summed E-state index contributed by atoms with van der Waals surface area (Å²) in [5.41, 5.74) is 1.45. The van der Waals surface area contributed by atoms with Crippen molar-refractivity contribution in [2.45, 2.75) is 0 Å². The number of allylic oxidation sites excluding steroid dienone is 1. The van der Waals surface area contributed by atoms with Crippen LogP contribution >= 0.6 is 15.9 Å². The molecule has 0 radical (unpaired) electrons. The summed E-state index contributed by atoms with van der Waals surface area (Å²) in [5, 5.41) is 10.9. The van der Waals surface area contributed by atoms with Gasteiger partial charge in [-0.3, -0.25) is 10.1 Å². The van der Waals surface area contributed by atoms with E-state index in [-0.39, 0.29) is 5.69 Å². The molecule has 0 aromatic heterocycles. The number of nitro groups is 1. The lowest BCUT2D eigenvalue weighted by Crippen LogP contribution is -1.98. The van der Waals surface area contributed by atoms with Gasteiger partial charge in [-0.05, 0) is 23.3 Å². The van der Waals surface area contributed by atoms with Crippen molar-refractivity contribution in [3.63, 3.8) is 0 Å². The second kappa shape index (κ2) is 6.15. The van der Waals surface area contributed by atoms with Crippen LogP contribution in [0.25, 0.3) is 5.57 Å². The van der Waals surface area contributed by atoms with Crippen molar-refractivity contribution in [1.82, 2.24) is 0 Å². The zero-order chi connectivity index (χ0) is 12.8. The zero-order valence-electron chi connectivity index (χ0n) is 9.05. The van der Waals surface area contributed by atoms with Crippen LogP contribution in [-0.4, -0.2) is 23.3 Å². The van der Waals surface area contributed by atoms with Crippen LogP contribution in [0.3, 0.4) is 0 Å². The Labute approximate surface area is 106 Å². The van der Waals surface area contributed by atoms with Crippen LogP contribution in [0.1, 0.15) is 5.56 Å². The van der Waals surface area contributed by atoms with Crippen LogP contribution in [-0.2, 0) is 9.53 Å². The van der Waals surface area contributed by atoms with Gasteiger partial charge in [-0.25, -0.2) is 4.79 Å². The number of ether oxygens (including phenoxy) is 1. The Morgan fingerprint density at radius 3 is 2.47 bits per heavy atom. The van der Waals surface area contributed by atoms with Crippen molar-refractivity contribution < 1.29 is 14.5 Å². The molecule has 17 heavy (non-hydrogen) atoms. The van der Waals surface area contributed by atoms with E-state index in [0.29, 0.717) is 10.9 Å². The Balaban J connectivity index is 3.01. The molecule has 0 bridgehead atoms. The van der Waals surface area contributed by atoms with Crippen LogP contribution in [0.2, 0.25) is 0 Å². The number of methoxy groups -OCH3 is 1. The minimum Gasteiger partial charge on any atom is -0.466 e. The average Bonchev–Trinajstić information content (AvgIpc) is 2.35. The first kappa shape index (κ1) is 13.4. The fourth-order valence-electron chi connectivity index (χ4n) is 1.20. The Morgan fingerprint density at radius 2 is 2.06 bits per heavy atom. The molecule has 0 aliphatic rings. The van der Waals surface area contributed by atoms with Gasteiger partial charge in [0, 0.05) is 23.5 Å². The smallest absolute Gasteiger partial charge is 0.330 e. The maximum Gasteiger partial charge on any atom is 0.330 e. The number of carbonyl (C=O) groups is 1. The van der Waals surface area contributed by atoms with Crippen LogP contribution in [0, 0.1) is 10.1 Å². The van der Waals surface area contributed by atoms with Gasteiger partial charge in [0.25, 0.3) is 5.69 Å². The summed E-state index contributed by atoms with van der Waals surface area (Å²) in [6, 6.07) is 5.97. The summed E-state index contributed by atoms with van der Waals surface area (Å²) in [7, 11) is 1.29. The summed E-state index contributed by atoms with van der Waals surface area (Å²) in [4.78, 5) is 21.1. The highest BCUT2D eigenvalue weighted by molar-refractivity contribution is 9.09. The molecule has 0 fully saturated rings. The fourth-order valence-corrected chi connectivity index (χ4v) is 1.68. The highest BCUT2D eigenvalue weighted by Crippen LogP contribution is 2.20. The number of alkyl halides is 1. The quantitative estimate of drug-likeness (QED) is 0.282. The number of esters is 1. The molecule has 0 aliphatic heterocycles. The van der Waals surface area contributed by atoms with E-state index in [0.717, 1.165) is 5.56 Å². The van der Waals surface area contributed by atoms with E-state index >= 15 is 0 Å². The van der Waals surface area contributed by atoms with Gasteiger partial charge in [0.15, 0.2) is 0 Å². The molecule has 1 aromatic rings. The fraction of sp³-hybridized carbons (Fsp3) is 0.182. The molecule has 0 amide bonds. The first-order valence-electron chi connectivity index (χ1n) is 4.67. The van der Waals surface area contributed by atoms with Gasteiger partial charge in [-0.1, -0.05) is 15.9 Å². The van der Waals surface area contributed by atoms with Crippen molar-refractivity contribution in [2.24, 2.45) is 0 Å². The molecule has 0 heterocycles. The number of hydrogen-bond donors (Lipinski definition) is 0. The zero-order valence-corrected chi connectivity index (χ0v) is 10.6. The molecule has 1 aromatic carbocycles. The number of halogens is 1. The molecular formula is C11H10BrNO4. The van der Waals surface area contributed by atoms with Crippen LogP contribution in [0.4, 0.5) is 5.69 Å². The molecule has 5 nitrogen and oxygen atoms in total. The summed E-state index contributed by atoms with van der Waals surface area (Å²) in [6.45, 7) is 0. The van der Waals surface area contributed by atoms with E-state index in [1.165, 1.54) is 25.3 Å². The van der Waals surface area contributed by atoms with Crippen molar-refractivity contribution in [3.05, 3.63) is 46.0 Å². The summed E-state index contributed by atoms with van der Waals surface area (Å²) < 4.78 is 4.52. The number of carbonyl (C=O) groups excluding carboxylic acids is 1. The van der Waals surface area contributed by atoms with E-state index in [1.54, 1.807) is 12.1 Å². The molecule has 6 heteroatoms. The SMILES string of the molecule is COC(=O)/C=C(\CBr)c1ccc([N+](=O)[O-])cc1. The molecule has 0 saturated carbocycles. The number of benzene rings is 1. The lowest BCUT2D eigenvalue weighted by molar-refractivity contribution is -0.384. The predicted molar refractivity (Wildman–Crippen MR) is 66.9 cm³/mol. The van der Waals surface area contributed by atoms with Crippen LogP contribution < -0.4 is 0 Å². The van der Waals surface area contributed by atoms with Crippen molar-refractivity contribution in [2.75, 3.05) is 12.4 Å². The molecule has 0 aliphatic carbocycles. The molecule has 0 N–H and O–H groups in total. The van der Waals surface area contributed by atoms with Gasteiger partial charge in [-0.15, -0.1) is 0 Å². The molecule has 90 valence electrons. The topological polar surface area (TPSA) is 69.4 Å². The normalized spacial score (nSPS) is 11.1. The molecule has 1 rings (SSSR count). The molecular weight excluding hydrogens is 290 g/mol. The van der Waals surface area contributed by atoms with Gasteiger partial charge >= 0.3 is 5.97 Å². The largest absolute Gasteiger partial charge is 0.466 e. The van der Waals surface area contributed by atoms with Crippen LogP contribution in [0.15, 0.2) is 30.3 Å². The maximum absolute atomic E-state index is 11.1. The Hall–Kier alpha value is -1.69. The molecule has 0 atom stereocenters. The Kier molecular flexibility index (Phi) is 4.84. The lowest BCUT2D eigenvalue weighted by atomic mass is 10.1. The first-order chi connectivity index (χ1) is 8.08. The number of nitrogens with zero attached hydrogens (tertiary/aromatic N) is 1. The van der Waals surface area contributed by atoms with Crippen molar-refractivity contribution >= 4 is 33.2 Å². The maximum atomic E-state index is 11.1. The number of non-ortho nitro benzene ring substituents is 1. The highest BCUT2D eigenvalue weighted by Gasteiger charge is 2.07. The standard InChI is InChI=1S/C11H10BrNO4/c1-17-11(14)6-9(7-12)8-2-4-10(5-3-8)13(15)16/h2-6H,7H2,1H3/b9-6+. The van der Waals surface area contributed by atoms with Crippen molar-refractivity contribution in [1.29, 1.82) is 0 Å². The predicted octanol–water partition coefficient (Wildman–Crippen LogP) is 2.55. The first-order valence-corrected chi connectivity index (χ1v) is 5.80. The van der Waals surface area contributed by atoms with E-state index in [4.69, 9.17) is 0 Å². The highest BCUT2D eigenvalue weighted by atomic mass is 79.9. The van der Waals surface area contributed by atoms with E-state index < -0.39 is 10.9 Å². The third-order valence-corrected chi connectivity index (χ3v) is 2.69. The van der Waals surface area contributed by atoms with Gasteiger partial charge in [0.2, 0.25) is 0 Å². The van der Waals surface area contributed by atoms with Gasteiger partial charge in [0.1, 0.15) is 0 Å². The number of hydrogen-bond acceptors (Lipinski definition) is 4. The van der Waals surface area contributed by atoms with E-state index in [1.807, 2.05) is 0 Å². The average molecular weight is 300 g/mol. The Morgan fingerprint density at radius 1 is 1.47 bits per heavy atom. The minimum absolute atomic E-state index is 0.0146. The third-order valence-electron chi connectivity index (χ3n) is 2.09. The summed E-state index contributed by atoms with van der Waals surface area (Å²) in [5.74, 6) is -0.460. The number of rotatable bonds is 4. The lowest BCUT2D eigenvalue weighted by Gasteiger charge is -2.03. The molecule has 0 saturated heterocycles. The van der Waals surface area contributed by atoms with Crippen LogP contribution in [0.5, 0.6) is 0 Å². The molecule has 0 unspecified atom stereocenters. The van der Waals surface area contributed by atoms with Gasteiger partial charge < -0.3 is 4.74 Å². The number of nitro benzene ring substituents is 1. The second-order valence-electron chi connectivity index (χ2n) is 3.13. The minimum atomic E-state index is -0.471. The summed E-state index contributed by atoms with van der Waals surface area (Å²) in [6.07, 6.45) is 1.34. The Bertz CT molecular complexity index is 453. The van der Waals surface area contributed by atoms with Gasteiger partial charge in [0.05, 0.1) is 12.0 Å². The monoisotopic (exact) mass is 299 g/mol. The molecule has 0 spiro atoms.